The van der Waals surface area contributed by atoms with Gasteiger partial charge in [-0.3, -0.25) is 9.52 Å². The predicted molar refractivity (Wildman–Crippen MR) is 141 cm³/mol. The quantitative estimate of drug-likeness (QED) is 0.312. The molecule has 0 aliphatic rings. The third kappa shape index (κ3) is 4.73. The summed E-state index contributed by atoms with van der Waals surface area (Å²) < 4.78 is 28.1. The normalized spacial score (nSPS) is 11.6. The van der Waals surface area contributed by atoms with Crippen LogP contribution < -0.4 is 10.4 Å². The molecule has 5 rings (SSSR count). The minimum Gasteiger partial charge on any atom is -0.341 e. The summed E-state index contributed by atoms with van der Waals surface area (Å²) in [6.45, 7) is 0.547. The van der Waals surface area contributed by atoms with Gasteiger partial charge >= 0.3 is 5.69 Å². The molecule has 0 saturated heterocycles. The number of benzene rings is 4. The summed E-state index contributed by atoms with van der Waals surface area (Å²) in [4.78, 5) is 31.2. The Morgan fingerprint density at radius 3 is 2.42 bits per heavy atom. The van der Waals surface area contributed by atoms with Crippen LogP contribution in [0.3, 0.4) is 0 Å². The fourth-order valence-corrected chi connectivity index (χ4v) is 5.28. The number of aromatic amines is 2. The van der Waals surface area contributed by atoms with Crippen molar-refractivity contribution in [3.63, 3.8) is 0 Å². The number of anilines is 1. The Morgan fingerprint density at radius 2 is 1.61 bits per heavy atom. The van der Waals surface area contributed by atoms with Gasteiger partial charge in [0.25, 0.3) is 15.9 Å². The Bertz CT molecular complexity index is 1730. The number of hydrogen-bond acceptors (Lipinski definition) is 4. The standard InChI is InChI=1S/C27H24N4O4S/c1-31(16-15-19-7-4-6-18-5-2-3-8-23(18)19)26(32)20-9-11-21(12-10-20)30-36(34,35)22-13-14-24-25(17-22)29-27(33)28-24/h2-14,17,30H,15-16H2,1H3,(H2,28,29,33). The summed E-state index contributed by atoms with van der Waals surface area (Å²) in [5.41, 5.74) is 2.48. The minimum atomic E-state index is -3.88. The SMILES string of the molecule is CN(CCc1cccc2ccccc12)C(=O)c1ccc(NS(=O)(=O)c2ccc3[nH]c(=O)[nH]c3c2)cc1. The van der Waals surface area contributed by atoms with Gasteiger partial charge in [0.05, 0.1) is 15.9 Å². The summed E-state index contributed by atoms with van der Waals surface area (Å²) in [5, 5.41) is 2.35. The van der Waals surface area contributed by atoms with Gasteiger partial charge in [-0.1, -0.05) is 42.5 Å². The highest BCUT2D eigenvalue weighted by molar-refractivity contribution is 7.92. The number of H-pyrrole nitrogens is 2. The Labute approximate surface area is 207 Å². The molecule has 1 aromatic heterocycles. The van der Waals surface area contributed by atoms with Crippen molar-refractivity contribution in [2.24, 2.45) is 0 Å². The third-order valence-corrected chi connectivity index (χ3v) is 7.50. The zero-order chi connectivity index (χ0) is 25.3. The number of amides is 1. The van der Waals surface area contributed by atoms with Gasteiger partial charge in [0.15, 0.2) is 0 Å². The molecule has 0 unspecified atom stereocenters. The van der Waals surface area contributed by atoms with Gasteiger partial charge in [0, 0.05) is 24.8 Å². The number of imidazole rings is 1. The summed E-state index contributed by atoms with van der Waals surface area (Å²) in [5.74, 6) is -0.147. The van der Waals surface area contributed by atoms with Gasteiger partial charge in [-0.2, -0.15) is 0 Å². The van der Waals surface area contributed by atoms with E-state index in [0.29, 0.717) is 28.8 Å². The second-order valence-electron chi connectivity index (χ2n) is 8.58. The summed E-state index contributed by atoms with van der Waals surface area (Å²) >= 11 is 0. The number of nitrogens with one attached hydrogen (secondary N) is 3. The van der Waals surface area contributed by atoms with E-state index in [2.05, 4.69) is 39.0 Å². The van der Waals surface area contributed by atoms with Gasteiger partial charge in [-0.05, 0) is 65.2 Å². The van der Waals surface area contributed by atoms with Crippen molar-refractivity contribution in [3.8, 4) is 0 Å². The summed E-state index contributed by atoms with van der Waals surface area (Å²) in [6.07, 6.45) is 0.720. The lowest BCUT2D eigenvalue weighted by atomic mass is 10.0. The molecule has 0 saturated carbocycles. The number of likely N-dealkylation sites (N-methyl/N-ethyl adjacent to an activating group) is 1. The maximum absolute atomic E-state index is 12.9. The molecule has 0 spiro atoms. The molecule has 4 aromatic carbocycles. The lowest BCUT2D eigenvalue weighted by molar-refractivity contribution is 0.0796. The third-order valence-electron chi connectivity index (χ3n) is 6.12. The molecular formula is C27H24N4O4S. The molecule has 8 nitrogen and oxygen atoms in total. The van der Waals surface area contributed by atoms with E-state index >= 15 is 0 Å². The summed E-state index contributed by atoms with van der Waals surface area (Å²) in [6, 6.07) is 25.0. The summed E-state index contributed by atoms with van der Waals surface area (Å²) in [7, 11) is -2.13. The van der Waals surface area contributed by atoms with Crippen LogP contribution in [0.5, 0.6) is 0 Å². The lowest BCUT2D eigenvalue weighted by Gasteiger charge is -2.18. The first-order valence-corrected chi connectivity index (χ1v) is 12.9. The zero-order valence-electron chi connectivity index (χ0n) is 19.5. The van der Waals surface area contributed by atoms with Crippen LogP contribution >= 0.6 is 0 Å². The van der Waals surface area contributed by atoms with Crippen LogP contribution in [0.4, 0.5) is 5.69 Å². The Hall–Kier alpha value is -4.37. The number of fused-ring (bicyclic) bond motifs is 2. The van der Waals surface area contributed by atoms with Crippen molar-refractivity contribution in [3.05, 3.63) is 107 Å². The van der Waals surface area contributed by atoms with Gasteiger partial charge in [-0.25, -0.2) is 13.2 Å². The fraction of sp³-hybridized carbons (Fsp3) is 0.111. The molecule has 0 atom stereocenters. The van der Waals surface area contributed by atoms with E-state index in [1.165, 1.54) is 34.5 Å². The Balaban J connectivity index is 1.25. The molecule has 0 aliphatic heterocycles. The average molecular weight is 501 g/mol. The Kier molecular flexibility index (Phi) is 6.07. The lowest BCUT2D eigenvalue weighted by Crippen LogP contribution is -2.28. The van der Waals surface area contributed by atoms with Crippen LogP contribution in [-0.2, 0) is 16.4 Å². The maximum atomic E-state index is 12.9. The molecule has 1 heterocycles. The number of rotatable bonds is 7. The second kappa shape index (κ2) is 9.35. The number of nitrogens with zero attached hydrogens (tertiary/aromatic N) is 1. The number of aromatic nitrogens is 2. The van der Waals surface area contributed by atoms with E-state index in [0.717, 1.165) is 6.42 Å². The minimum absolute atomic E-state index is 0.0126. The Morgan fingerprint density at radius 1 is 0.889 bits per heavy atom. The maximum Gasteiger partial charge on any atom is 0.323 e. The molecule has 0 aliphatic carbocycles. The second-order valence-corrected chi connectivity index (χ2v) is 10.3. The van der Waals surface area contributed by atoms with E-state index in [4.69, 9.17) is 0 Å². The van der Waals surface area contributed by atoms with E-state index < -0.39 is 15.7 Å². The molecular weight excluding hydrogens is 476 g/mol. The van der Waals surface area contributed by atoms with Crippen molar-refractivity contribution >= 4 is 43.4 Å². The van der Waals surface area contributed by atoms with Gasteiger partial charge < -0.3 is 14.9 Å². The fourth-order valence-electron chi connectivity index (χ4n) is 4.19. The van der Waals surface area contributed by atoms with Crippen molar-refractivity contribution in [2.75, 3.05) is 18.3 Å². The molecule has 36 heavy (non-hydrogen) atoms. The first-order valence-electron chi connectivity index (χ1n) is 11.4. The number of hydrogen-bond donors (Lipinski definition) is 3. The number of sulfonamides is 1. The molecule has 0 bridgehead atoms. The van der Waals surface area contributed by atoms with Crippen molar-refractivity contribution < 1.29 is 13.2 Å². The predicted octanol–water partition coefficient (Wildman–Crippen LogP) is 4.12. The number of carbonyl (C=O) groups is 1. The van der Waals surface area contributed by atoms with E-state index in [-0.39, 0.29) is 10.8 Å². The molecule has 5 aromatic rings. The largest absolute Gasteiger partial charge is 0.341 e. The number of carbonyl (C=O) groups excluding carboxylic acids is 1. The molecule has 1 amide bonds. The molecule has 0 radical (unpaired) electrons. The topological polar surface area (TPSA) is 115 Å². The van der Waals surface area contributed by atoms with Gasteiger partial charge in [0.1, 0.15) is 0 Å². The van der Waals surface area contributed by atoms with E-state index in [1.807, 2.05) is 18.2 Å². The van der Waals surface area contributed by atoms with Crippen LogP contribution in [0.25, 0.3) is 21.8 Å². The highest BCUT2D eigenvalue weighted by atomic mass is 32.2. The van der Waals surface area contributed by atoms with Crippen molar-refractivity contribution in [1.29, 1.82) is 0 Å². The molecule has 9 heteroatoms. The highest BCUT2D eigenvalue weighted by Crippen LogP contribution is 2.21. The van der Waals surface area contributed by atoms with Crippen LogP contribution in [0.2, 0.25) is 0 Å². The first kappa shape index (κ1) is 23.4. The van der Waals surface area contributed by atoms with Crippen LogP contribution in [0, 0.1) is 0 Å². The first-order chi connectivity index (χ1) is 17.3. The molecule has 3 N–H and O–H groups in total. The van der Waals surface area contributed by atoms with Gasteiger partial charge in [0.2, 0.25) is 0 Å². The van der Waals surface area contributed by atoms with E-state index in [1.54, 1.807) is 36.2 Å². The van der Waals surface area contributed by atoms with Crippen molar-refractivity contribution in [1.82, 2.24) is 14.9 Å². The van der Waals surface area contributed by atoms with Crippen LogP contribution in [0.1, 0.15) is 15.9 Å². The highest BCUT2D eigenvalue weighted by Gasteiger charge is 2.17. The molecule has 182 valence electrons. The smallest absolute Gasteiger partial charge is 0.323 e. The van der Waals surface area contributed by atoms with E-state index in [9.17, 15) is 18.0 Å². The average Bonchev–Trinajstić information content (AvgIpc) is 3.26. The van der Waals surface area contributed by atoms with Crippen LogP contribution in [0.15, 0.2) is 94.6 Å². The van der Waals surface area contributed by atoms with Crippen LogP contribution in [-0.4, -0.2) is 42.8 Å². The van der Waals surface area contributed by atoms with Crippen molar-refractivity contribution in [2.45, 2.75) is 11.3 Å². The monoisotopic (exact) mass is 500 g/mol. The zero-order valence-corrected chi connectivity index (χ0v) is 20.3. The van der Waals surface area contributed by atoms with Gasteiger partial charge in [-0.15, -0.1) is 0 Å². The molecule has 0 fully saturated rings.